The molecule has 0 saturated carbocycles. The van der Waals surface area contributed by atoms with Gasteiger partial charge in [-0.2, -0.15) is 0 Å². The Hall–Kier alpha value is -2.60. The maximum Gasteiger partial charge on any atom is 0.209 e. The highest BCUT2D eigenvalue weighted by molar-refractivity contribution is 7.99. The molecule has 0 aliphatic heterocycles. The molecular formula is C23H17Cl2N3OS. The zero-order valence-electron chi connectivity index (χ0n) is 15.8. The lowest BCUT2D eigenvalue weighted by Crippen LogP contribution is -2.03. The van der Waals surface area contributed by atoms with Crippen LogP contribution in [0.3, 0.4) is 0 Å². The van der Waals surface area contributed by atoms with Crippen LogP contribution in [0.15, 0.2) is 84.0 Å². The minimum absolute atomic E-state index is 0.455. The molecule has 4 nitrogen and oxygen atoms in total. The molecule has 0 amide bonds. The molecule has 30 heavy (non-hydrogen) atoms. The molecule has 1 aromatic heterocycles. The molecular weight excluding hydrogens is 437 g/mol. The standard InChI is InChI=1S/C23H17Cl2N3OS/c24-18-11-12-20(19(25)15-18)29-13-14-30-23-26-21(16-7-3-1-4-8-16)22(27-28-23)17-9-5-2-6-10-17/h1-12,15H,13-14H2. The molecule has 0 fully saturated rings. The molecule has 3 aromatic carbocycles. The average molecular weight is 454 g/mol. The molecule has 0 N–H and O–H groups in total. The van der Waals surface area contributed by atoms with Gasteiger partial charge in [-0.1, -0.05) is 95.6 Å². The Kier molecular flexibility index (Phi) is 6.84. The lowest BCUT2D eigenvalue weighted by atomic mass is 10.0. The zero-order valence-corrected chi connectivity index (χ0v) is 18.2. The second-order valence-corrected chi connectivity index (χ2v) is 8.20. The van der Waals surface area contributed by atoms with Gasteiger partial charge in [-0.15, -0.1) is 10.2 Å². The molecule has 0 aliphatic carbocycles. The number of ether oxygens (including phenoxy) is 1. The summed E-state index contributed by atoms with van der Waals surface area (Å²) >= 11 is 13.5. The van der Waals surface area contributed by atoms with Crippen LogP contribution < -0.4 is 4.74 Å². The van der Waals surface area contributed by atoms with Crippen LogP contribution in [-0.2, 0) is 0 Å². The van der Waals surface area contributed by atoms with Crippen LogP contribution in [0.2, 0.25) is 10.0 Å². The smallest absolute Gasteiger partial charge is 0.209 e. The van der Waals surface area contributed by atoms with E-state index in [0.717, 1.165) is 22.5 Å². The van der Waals surface area contributed by atoms with Crippen molar-refractivity contribution in [3.05, 3.63) is 88.9 Å². The van der Waals surface area contributed by atoms with Crippen molar-refractivity contribution in [3.8, 4) is 28.3 Å². The predicted molar refractivity (Wildman–Crippen MR) is 123 cm³/mol. The molecule has 1 heterocycles. The van der Waals surface area contributed by atoms with Gasteiger partial charge in [-0.05, 0) is 18.2 Å². The van der Waals surface area contributed by atoms with Gasteiger partial charge in [0.15, 0.2) is 0 Å². The summed E-state index contributed by atoms with van der Waals surface area (Å²) in [6, 6.07) is 25.1. The number of thioether (sulfide) groups is 1. The Morgan fingerprint density at radius 2 is 1.43 bits per heavy atom. The second kappa shape index (κ2) is 9.94. The quantitative estimate of drug-likeness (QED) is 0.230. The summed E-state index contributed by atoms with van der Waals surface area (Å²) in [4.78, 5) is 4.78. The van der Waals surface area contributed by atoms with Crippen molar-refractivity contribution < 1.29 is 4.74 Å². The molecule has 0 radical (unpaired) electrons. The first-order chi connectivity index (χ1) is 14.7. The predicted octanol–water partition coefficient (Wildman–Crippen LogP) is 6.68. The van der Waals surface area contributed by atoms with E-state index in [4.69, 9.17) is 32.9 Å². The molecule has 0 atom stereocenters. The number of hydrogen-bond acceptors (Lipinski definition) is 5. The van der Waals surface area contributed by atoms with Crippen LogP contribution in [0.5, 0.6) is 5.75 Å². The van der Waals surface area contributed by atoms with Crippen molar-refractivity contribution in [1.82, 2.24) is 15.2 Å². The van der Waals surface area contributed by atoms with E-state index in [9.17, 15) is 0 Å². The number of halogens is 2. The molecule has 150 valence electrons. The summed E-state index contributed by atoms with van der Waals surface area (Å²) in [5.41, 5.74) is 3.54. The molecule has 0 bridgehead atoms. The SMILES string of the molecule is Clc1ccc(OCCSc2nnc(-c3ccccc3)c(-c3ccccc3)n2)c(Cl)c1. The fourth-order valence-corrected chi connectivity index (χ4v) is 3.90. The van der Waals surface area contributed by atoms with Gasteiger partial charge >= 0.3 is 0 Å². The average Bonchev–Trinajstić information content (AvgIpc) is 2.79. The first-order valence-corrected chi connectivity index (χ1v) is 11.0. The number of rotatable bonds is 7. The first-order valence-electron chi connectivity index (χ1n) is 9.27. The van der Waals surface area contributed by atoms with Gasteiger partial charge < -0.3 is 4.74 Å². The number of benzene rings is 3. The maximum atomic E-state index is 6.14. The highest BCUT2D eigenvalue weighted by Gasteiger charge is 2.13. The van der Waals surface area contributed by atoms with Crippen LogP contribution >= 0.6 is 35.0 Å². The third-order valence-corrected chi connectivity index (χ3v) is 5.56. The molecule has 0 aliphatic rings. The summed E-state index contributed by atoms with van der Waals surface area (Å²) in [5, 5.41) is 10.5. The summed E-state index contributed by atoms with van der Waals surface area (Å²) in [5.74, 6) is 1.25. The Morgan fingerprint density at radius 3 is 2.10 bits per heavy atom. The Balaban J connectivity index is 1.50. The van der Waals surface area contributed by atoms with Gasteiger partial charge in [0.05, 0.1) is 11.6 Å². The van der Waals surface area contributed by atoms with E-state index in [1.807, 2.05) is 60.7 Å². The lowest BCUT2D eigenvalue weighted by molar-refractivity contribution is 0.344. The van der Waals surface area contributed by atoms with E-state index in [2.05, 4.69) is 10.2 Å². The van der Waals surface area contributed by atoms with E-state index in [0.29, 0.717) is 33.3 Å². The van der Waals surface area contributed by atoms with Gasteiger partial charge in [-0.25, -0.2) is 4.98 Å². The highest BCUT2D eigenvalue weighted by Crippen LogP contribution is 2.30. The van der Waals surface area contributed by atoms with Crippen molar-refractivity contribution in [2.75, 3.05) is 12.4 Å². The normalized spacial score (nSPS) is 10.7. The summed E-state index contributed by atoms with van der Waals surface area (Å²) in [6.07, 6.45) is 0. The number of aromatic nitrogens is 3. The van der Waals surface area contributed by atoms with Gasteiger partial charge in [0.1, 0.15) is 17.1 Å². The Bertz CT molecular complexity index is 1130. The minimum atomic E-state index is 0.455. The van der Waals surface area contributed by atoms with Gasteiger partial charge in [0.25, 0.3) is 0 Å². The van der Waals surface area contributed by atoms with Crippen LogP contribution in [0.1, 0.15) is 0 Å². The van der Waals surface area contributed by atoms with Gasteiger partial charge in [0.2, 0.25) is 5.16 Å². The molecule has 0 spiro atoms. The van der Waals surface area contributed by atoms with Crippen molar-refractivity contribution in [2.24, 2.45) is 0 Å². The van der Waals surface area contributed by atoms with Crippen LogP contribution in [0.25, 0.3) is 22.5 Å². The monoisotopic (exact) mass is 453 g/mol. The fourth-order valence-electron chi connectivity index (χ4n) is 2.84. The van der Waals surface area contributed by atoms with Crippen LogP contribution in [0.4, 0.5) is 0 Å². The van der Waals surface area contributed by atoms with E-state index in [-0.39, 0.29) is 0 Å². The van der Waals surface area contributed by atoms with Crippen LogP contribution in [-0.4, -0.2) is 27.5 Å². The van der Waals surface area contributed by atoms with E-state index < -0.39 is 0 Å². The first kappa shape index (κ1) is 20.7. The lowest BCUT2D eigenvalue weighted by Gasteiger charge is -2.10. The van der Waals surface area contributed by atoms with Gasteiger partial charge in [-0.3, -0.25) is 0 Å². The second-order valence-electron chi connectivity index (χ2n) is 6.30. The third-order valence-electron chi connectivity index (χ3n) is 4.23. The fraction of sp³-hybridized carbons (Fsp3) is 0.0870. The van der Waals surface area contributed by atoms with Gasteiger partial charge in [0, 0.05) is 21.9 Å². The van der Waals surface area contributed by atoms with Crippen molar-refractivity contribution >= 4 is 35.0 Å². The number of nitrogens with zero attached hydrogens (tertiary/aromatic N) is 3. The van der Waals surface area contributed by atoms with Crippen molar-refractivity contribution in [3.63, 3.8) is 0 Å². The van der Waals surface area contributed by atoms with Crippen LogP contribution in [0, 0.1) is 0 Å². The molecule has 4 aromatic rings. The summed E-state index contributed by atoms with van der Waals surface area (Å²) < 4.78 is 5.73. The molecule has 0 unspecified atom stereocenters. The number of hydrogen-bond donors (Lipinski definition) is 0. The largest absolute Gasteiger partial charge is 0.491 e. The third kappa shape index (κ3) is 5.11. The highest BCUT2D eigenvalue weighted by atomic mass is 35.5. The Labute approximate surface area is 189 Å². The zero-order chi connectivity index (χ0) is 20.8. The minimum Gasteiger partial charge on any atom is -0.491 e. The van der Waals surface area contributed by atoms with Crippen molar-refractivity contribution in [2.45, 2.75) is 5.16 Å². The topological polar surface area (TPSA) is 47.9 Å². The molecule has 4 rings (SSSR count). The molecule has 7 heteroatoms. The van der Waals surface area contributed by atoms with Crippen molar-refractivity contribution in [1.29, 1.82) is 0 Å². The summed E-state index contributed by atoms with van der Waals surface area (Å²) in [6.45, 7) is 0.455. The summed E-state index contributed by atoms with van der Waals surface area (Å²) in [7, 11) is 0. The van der Waals surface area contributed by atoms with E-state index >= 15 is 0 Å². The van der Waals surface area contributed by atoms with E-state index in [1.54, 1.807) is 18.2 Å². The molecule has 0 saturated heterocycles. The maximum absolute atomic E-state index is 6.14. The Morgan fingerprint density at radius 1 is 0.767 bits per heavy atom. The van der Waals surface area contributed by atoms with E-state index in [1.165, 1.54) is 11.8 Å².